The molecule has 3 aromatic heterocycles. The summed E-state index contributed by atoms with van der Waals surface area (Å²) in [6.45, 7) is 0. The van der Waals surface area contributed by atoms with Gasteiger partial charge < -0.3 is 4.57 Å². The molecule has 50 heavy (non-hydrogen) atoms. The van der Waals surface area contributed by atoms with Crippen LogP contribution >= 0.6 is 0 Å². The van der Waals surface area contributed by atoms with Crippen molar-refractivity contribution in [1.82, 2.24) is 24.1 Å². The van der Waals surface area contributed by atoms with Crippen molar-refractivity contribution in [3.8, 4) is 45.5 Å². The van der Waals surface area contributed by atoms with Gasteiger partial charge in [0.2, 0.25) is 5.95 Å². The lowest BCUT2D eigenvalue weighted by Crippen LogP contribution is -2.07. The van der Waals surface area contributed by atoms with Crippen LogP contribution in [0.15, 0.2) is 176 Å². The number of hydrogen-bond acceptors (Lipinski definition) is 3. The van der Waals surface area contributed by atoms with Crippen molar-refractivity contribution in [1.29, 1.82) is 0 Å². The Morgan fingerprint density at radius 1 is 0.380 bits per heavy atom. The highest BCUT2D eigenvalue weighted by Gasteiger charge is 2.23. The van der Waals surface area contributed by atoms with E-state index in [0.29, 0.717) is 28.6 Å². The number of para-hydroxylation sites is 3. The average Bonchev–Trinajstić information content (AvgIpc) is 3.76. The van der Waals surface area contributed by atoms with Crippen LogP contribution in [0.4, 0.5) is 0 Å². The summed E-state index contributed by atoms with van der Waals surface area (Å²) in [5, 5.41) is 3.58. The minimum absolute atomic E-state index is 0.0707. The maximum Gasteiger partial charge on any atom is 0.238 e. The Kier molecular flexibility index (Phi) is 5.35. The molecular formula is C45H29N5. The summed E-state index contributed by atoms with van der Waals surface area (Å²) in [6, 6.07) is 46.3. The summed E-state index contributed by atoms with van der Waals surface area (Å²) in [7, 11) is 0. The van der Waals surface area contributed by atoms with Crippen molar-refractivity contribution in [3.63, 3.8) is 0 Å². The second-order valence-electron chi connectivity index (χ2n) is 12.1. The van der Waals surface area contributed by atoms with E-state index >= 15 is 0 Å². The maximum absolute atomic E-state index is 9.08. The van der Waals surface area contributed by atoms with Crippen molar-refractivity contribution >= 4 is 43.6 Å². The third-order valence-electron chi connectivity index (χ3n) is 9.28. The number of fused-ring (bicyclic) bond motifs is 7. The molecule has 0 saturated heterocycles. The minimum atomic E-state index is -0.443. The van der Waals surface area contributed by atoms with Gasteiger partial charge in [-0.25, -0.2) is 4.98 Å². The van der Waals surface area contributed by atoms with Crippen molar-refractivity contribution in [2.45, 2.75) is 0 Å². The van der Waals surface area contributed by atoms with Gasteiger partial charge in [0.1, 0.15) is 0 Å². The molecule has 0 spiro atoms. The van der Waals surface area contributed by atoms with E-state index in [1.165, 1.54) is 0 Å². The lowest BCUT2D eigenvalue weighted by Gasteiger charge is -2.13. The van der Waals surface area contributed by atoms with E-state index < -0.39 is 18.1 Å². The first kappa shape index (κ1) is 23.5. The van der Waals surface area contributed by atoms with E-state index in [2.05, 4.69) is 36.4 Å². The van der Waals surface area contributed by atoms with Gasteiger partial charge in [0, 0.05) is 38.4 Å². The molecule has 234 valence electrons. The van der Waals surface area contributed by atoms with Crippen molar-refractivity contribution in [2.75, 3.05) is 0 Å². The summed E-state index contributed by atoms with van der Waals surface area (Å²) in [5.41, 5.74) is 6.86. The van der Waals surface area contributed by atoms with Gasteiger partial charge in [-0.05, 0) is 35.3 Å². The van der Waals surface area contributed by atoms with E-state index in [9.17, 15) is 0 Å². The Hall–Kier alpha value is -6.85. The Morgan fingerprint density at radius 3 is 1.46 bits per heavy atom. The minimum Gasteiger partial charge on any atom is -0.307 e. The van der Waals surface area contributed by atoms with Crippen LogP contribution in [-0.4, -0.2) is 24.1 Å². The van der Waals surface area contributed by atoms with Crippen LogP contribution in [0.1, 0.15) is 6.85 Å². The molecule has 0 radical (unpaired) electrons. The molecule has 0 bridgehead atoms. The second-order valence-corrected chi connectivity index (χ2v) is 12.1. The third kappa shape index (κ3) is 4.45. The molecule has 0 aliphatic carbocycles. The monoisotopic (exact) mass is 644 g/mol. The summed E-state index contributed by atoms with van der Waals surface area (Å²) < 4.78 is 47.5. The van der Waals surface area contributed by atoms with E-state index in [-0.39, 0.29) is 17.8 Å². The largest absolute Gasteiger partial charge is 0.307 e. The first-order valence-electron chi connectivity index (χ1n) is 18.9. The highest BCUT2D eigenvalue weighted by molar-refractivity contribution is 6.23. The SMILES string of the molecule is [2H]c1c([2H])c([2H])c(-n2c3ccccc3c3ccc4c5ccccc5n(-c5nc(-c6ccccc6)nc(-c6ccc(-c7ccccc7)cc6)n5)c4c32)c([2H])c1[2H]. The van der Waals surface area contributed by atoms with Crippen LogP contribution in [0.25, 0.3) is 89.2 Å². The average molecular weight is 645 g/mol. The van der Waals surface area contributed by atoms with E-state index in [4.69, 9.17) is 21.8 Å². The van der Waals surface area contributed by atoms with Gasteiger partial charge in [-0.15, -0.1) is 0 Å². The number of aromatic nitrogens is 5. The fourth-order valence-electron chi connectivity index (χ4n) is 7.05. The summed E-state index contributed by atoms with van der Waals surface area (Å²) in [4.78, 5) is 15.3. The molecule has 10 aromatic rings. The molecule has 7 aromatic carbocycles. The Bertz CT molecular complexity index is 3110. The fourth-order valence-corrected chi connectivity index (χ4v) is 7.05. The van der Waals surface area contributed by atoms with Crippen molar-refractivity contribution in [2.24, 2.45) is 0 Å². The van der Waals surface area contributed by atoms with Gasteiger partial charge in [0.25, 0.3) is 0 Å². The maximum atomic E-state index is 9.08. The zero-order chi connectivity index (χ0) is 37.4. The first-order chi connectivity index (χ1) is 26.9. The van der Waals surface area contributed by atoms with Crippen LogP contribution in [0.3, 0.4) is 0 Å². The van der Waals surface area contributed by atoms with Crippen LogP contribution in [0.2, 0.25) is 0 Å². The summed E-state index contributed by atoms with van der Waals surface area (Å²) in [6.07, 6.45) is 0. The standard InChI is InChI=1S/C45H29N5/c1-4-14-30(15-5-1)31-24-26-33(27-25-31)44-46-43(32-16-6-2-7-17-32)47-45(48-44)50-40-23-13-11-21-36(40)38-29-28-37-35-20-10-12-22-39(35)49(41(37)42(38)50)34-18-8-3-9-19-34/h1-29H/i3D,8D,9D,18D,19D. The Labute approximate surface area is 295 Å². The highest BCUT2D eigenvalue weighted by atomic mass is 15.2. The van der Waals surface area contributed by atoms with Gasteiger partial charge in [-0.2, -0.15) is 9.97 Å². The van der Waals surface area contributed by atoms with E-state index in [0.717, 1.165) is 54.8 Å². The molecule has 0 amide bonds. The van der Waals surface area contributed by atoms with Gasteiger partial charge in [0.05, 0.1) is 28.9 Å². The molecule has 0 saturated carbocycles. The highest BCUT2D eigenvalue weighted by Crippen LogP contribution is 2.41. The molecule has 3 heterocycles. The number of nitrogens with zero attached hydrogens (tertiary/aromatic N) is 5. The summed E-state index contributed by atoms with van der Waals surface area (Å²) in [5.74, 6) is 1.37. The lowest BCUT2D eigenvalue weighted by atomic mass is 10.0. The van der Waals surface area contributed by atoms with E-state index in [1.54, 1.807) is 0 Å². The van der Waals surface area contributed by atoms with Gasteiger partial charge in [-0.3, -0.25) is 4.57 Å². The van der Waals surface area contributed by atoms with Crippen LogP contribution < -0.4 is 0 Å². The first-order valence-corrected chi connectivity index (χ1v) is 16.4. The van der Waals surface area contributed by atoms with Gasteiger partial charge in [-0.1, -0.05) is 152 Å². The van der Waals surface area contributed by atoms with Gasteiger partial charge in [0.15, 0.2) is 11.6 Å². The molecule has 0 N–H and O–H groups in total. The van der Waals surface area contributed by atoms with Crippen molar-refractivity contribution in [3.05, 3.63) is 176 Å². The zero-order valence-corrected chi connectivity index (χ0v) is 26.6. The molecular weight excluding hydrogens is 611 g/mol. The number of rotatable bonds is 5. The molecule has 5 nitrogen and oxygen atoms in total. The molecule has 0 fully saturated rings. The molecule has 10 rings (SSSR count). The topological polar surface area (TPSA) is 48.5 Å². The van der Waals surface area contributed by atoms with Gasteiger partial charge >= 0.3 is 0 Å². The predicted octanol–water partition coefficient (Wildman–Crippen LogP) is 11.1. The quantitative estimate of drug-likeness (QED) is 0.187. The normalized spacial score (nSPS) is 13.0. The molecule has 0 aliphatic rings. The molecule has 0 atom stereocenters. The number of hydrogen-bond donors (Lipinski definition) is 0. The number of benzene rings is 7. The lowest BCUT2D eigenvalue weighted by molar-refractivity contribution is 0.953. The van der Waals surface area contributed by atoms with Crippen LogP contribution in [0.5, 0.6) is 0 Å². The van der Waals surface area contributed by atoms with Crippen LogP contribution in [0, 0.1) is 0 Å². The Morgan fingerprint density at radius 2 is 0.840 bits per heavy atom. The Balaban J connectivity index is 1.33. The van der Waals surface area contributed by atoms with Crippen LogP contribution in [-0.2, 0) is 0 Å². The summed E-state index contributed by atoms with van der Waals surface area (Å²) >= 11 is 0. The molecule has 0 aliphatic heterocycles. The van der Waals surface area contributed by atoms with Crippen molar-refractivity contribution < 1.29 is 6.85 Å². The third-order valence-corrected chi connectivity index (χ3v) is 9.28. The smallest absolute Gasteiger partial charge is 0.238 e. The molecule has 0 unspecified atom stereocenters. The second kappa shape index (κ2) is 11.4. The predicted molar refractivity (Wildman–Crippen MR) is 205 cm³/mol. The van der Waals surface area contributed by atoms with E-state index in [1.807, 2.05) is 118 Å². The fraction of sp³-hybridized carbons (Fsp3) is 0. The molecule has 5 heteroatoms. The zero-order valence-electron chi connectivity index (χ0n) is 31.6.